The fourth-order valence-corrected chi connectivity index (χ4v) is 4.84. The van der Waals surface area contributed by atoms with Gasteiger partial charge in [-0.2, -0.15) is 0 Å². The number of piperidine rings is 1. The van der Waals surface area contributed by atoms with Gasteiger partial charge in [-0.25, -0.2) is 0 Å². The first-order valence-corrected chi connectivity index (χ1v) is 9.84. The van der Waals surface area contributed by atoms with Crippen molar-refractivity contribution >= 4 is 12.0 Å². The summed E-state index contributed by atoms with van der Waals surface area (Å²) < 4.78 is 0. The molecule has 1 aliphatic heterocycles. The van der Waals surface area contributed by atoms with Gasteiger partial charge in [0.25, 0.3) is 0 Å². The van der Waals surface area contributed by atoms with E-state index in [1.807, 2.05) is 43.3 Å². The molecule has 1 aromatic carbocycles. The van der Waals surface area contributed by atoms with Crippen molar-refractivity contribution in [2.24, 2.45) is 0 Å². The van der Waals surface area contributed by atoms with E-state index in [2.05, 4.69) is 28.1 Å². The Hall–Kier alpha value is -2.50. The van der Waals surface area contributed by atoms with Crippen molar-refractivity contribution in [2.45, 2.75) is 30.4 Å². The summed E-state index contributed by atoms with van der Waals surface area (Å²) >= 11 is 0. The number of aromatic nitrogens is 1. The van der Waals surface area contributed by atoms with Gasteiger partial charge in [0.05, 0.1) is 12.1 Å². The van der Waals surface area contributed by atoms with Crippen LogP contribution in [0.1, 0.15) is 35.6 Å². The molecular weight excluding hydrogens is 350 g/mol. The van der Waals surface area contributed by atoms with Crippen LogP contribution in [0.3, 0.4) is 0 Å². The number of aliphatic hydroxyl groups is 1. The van der Waals surface area contributed by atoms with Crippen molar-refractivity contribution in [2.75, 3.05) is 27.2 Å². The number of pyridine rings is 1. The molecule has 2 atom stereocenters. The topological polar surface area (TPSA) is 56.7 Å². The van der Waals surface area contributed by atoms with E-state index in [0.29, 0.717) is 13.1 Å². The van der Waals surface area contributed by atoms with E-state index in [4.69, 9.17) is 0 Å². The highest BCUT2D eigenvalue weighted by atomic mass is 16.3. The van der Waals surface area contributed by atoms with E-state index >= 15 is 0 Å². The molecule has 1 aromatic heterocycles. The first-order valence-electron chi connectivity index (χ1n) is 9.84. The third-order valence-corrected chi connectivity index (χ3v) is 6.31. The van der Waals surface area contributed by atoms with E-state index in [1.165, 1.54) is 11.1 Å². The highest BCUT2D eigenvalue weighted by Crippen LogP contribution is 2.52. The van der Waals surface area contributed by atoms with Crippen LogP contribution >= 0.6 is 0 Å². The molecule has 0 unspecified atom stereocenters. The molecule has 1 amide bonds. The molecule has 2 aliphatic rings. The SMILES string of the molecule is CN(C)[C@@H]1c2ccccc2C2(CCN(C(=O)/C=C/c3cccnc3)CC2)[C@H]1O. The molecule has 5 nitrogen and oxygen atoms in total. The number of amides is 1. The Balaban J connectivity index is 1.50. The Morgan fingerprint density at radius 2 is 1.96 bits per heavy atom. The number of fused-ring (bicyclic) bond motifs is 2. The van der Waals surface area contributed by atoms with Gasteiger partial charge in [0.1, 0.15) is 0 Å². The van der Waals surface area contributed by atoms with Crippen LogP contribution in [0.25, 0.3) is 6.08 Å². The van der Waals surface area contributed by atoms with Crippen LogP contribution in [-0.4, -0.2) is 59.1 Å². The number of nitrogens with zero attached hydrogens (tertiary/aromatic N) is 3. The van der Waals surface area contributed by atoms with Gasteiger partial charge in [0, 0.05) is 37.0 Å². The Labute approximate surface area is 166 Å². The van der Waals surface area contributed by atoms with Gasteiger partial charge in [-0.1, -0.05) is 30.3 Å². The molecule has 0 saturated carbocycles. The quantitative estimate of drug-likeness (QED) is 0.836. The maximum Gasteiger partial charge on any atom is 0.246 e. The lowest BCUT2D eigenvalue weighted by Crippen LogP contribution is -2.50. The number of hydrogen-bond acceptors (Lipinski definition) is 4. The van der Waals surface area contributed by atoms with E-state index in [1.54, 1.807) is 18.5 Å². The minimum Gasteiger partial charge on any atom is -0.390 e. The zero-order valence-corrected chi connectivity index (χ0v) is 16.5. The predicted octanol–water partition coefficient (Wildman–Crippen LogP) is 2.63. The Kier molecular flexibility index (Phi) is 5.04. The van der Waals surface area contributed by atoms with E-state index < -0.39 is 6.10 Å². The van der Waals surface area contributed by atoms with Gasteiger partial charge in [-0.15, -0.1) is 0 Å². The summed E-state index contributed by atoms with van der Waals surface area (Å²) in [5, 5.41) is 11.3. The van der Waals surface area contributed by atoms with Crippen molar-refractivity contribution in [3.05, 3.63) is 71.6 Å². The highest BCUT2D eigenvalue weighted by Gasteiger charge is 2.53. The lowest BCUT2D eigenvalue weighted by molar-refractivity contribution is -0.128. The molecule has 1 fully saturated rings. The van der Waals surface area contributed by atoms with Crippen molar-refractivity contribution in [3.8, 4) is 0 Å². The van der Waals surface area contributed by atoms with Gasteiger partial charge in [0.2, 0.25) is 5.91 Å². The van der Waals surface area contributed by atoms with Crippen LogP contribution in [0.2, 0.25) is 0 Å². The van der Waals surface area contributed by atoms with Gasteiger partial charge >= 0.3 is 0 Å². The van der Waals surface area contributed by atoms with Crippen LogP contribution in [-0.2, 0) is 10.2 Å². The summed E-state index contributed by atoms with van der Waals surface area (Å²) in [6.07, 6.45) is 7.99. The minimum atomic E-state index is -0.455. The monoisotopic (exact) mass is 377 g/mol. The first kappa shape index (κ1) is 18.8. The molecule has 2 heterocycles. The number of carbonyl (C=O) groups is 1. The zero-order valence-electron chi connectivity index (χ0n) is 16.5. The van der Waals surface area contributed by atoms with Gasteiger partial charge in [0.15, 0.2) is 0 Å². The average molecular weight is 377 g/mol. The van der Waals surface area contributed by atoms with E-state index in [0.717, 1.165) is 18.4 Å². The molecule has 5 heteroatoms. The van der Waals surface area contributed by atoms with Gasteiger partial charge in [-0.05, 0) is 55.8 Å². The summed E-state index contributed by atoms with van der Waals surface area (Å²) in [6.45, 7) is 1.31. The molecule has 1 N–H and O–H groups in total. The number of hydrogen-bond donors (Lipinski definition) is 1. The molecule has 146 valence electrons. The van der Waals surface area contributed by atoms with Crippen molar-refractivity contribution < 1.29 is 9.90 Å². The van der Waals surface area contributed by atoms with Crippen LogP contribution in [0.15, 0.2) is 54.9 Å². The molecule has 4 rings (SSSR count). The number of benzene rings is 1. The number of aliphatic hydroxyl groups excluding tert-OH is 1. The number of rotatable bonds is 3. The molecule has 1 aliphatic carbocycles. The predicted molar refractivity (Wildman–Crippen MR) is 110 cm³/mol. The molecule has 2 aromatic rings. The lowest BCUT2D eigenvalue weighted by atomic mass is 9.72. The second-order valence-corrected chi connectivity index (χ2v) is 8.04. The van der Waals surface area contributed by atoms with Crippen molar-refractivity contribution in [3.63, 3.8) is 0 Å². The molecule has 0 bridgehead atoms. The third kappa shape index (κ3) is 3.15. The second-order valence-electron chi connectivity index (χ2n) is 8.04. The molecular formula is C23H27N3O2. The largest absolute Gasteiger partial charge is 0.390 e. The summed E-state index contributed by atoms with van der Waals surface area (Å²) in [5.41, 5.74) is 3.11. The Morgan fingerprint density at radius 1 is 1.21 bits per heavy atom. The fourth-order valence-electron chi connectivity index (χ4n) is 4.84. The molecule has 0 radical (unpaired) electrons. The number of likely N-dealkylation sites (tertiary alicyclic amines) is 1. The zero-order chi connectivity index (χ0) is 19.7. The lowest BCUT2D eigenvalue weighted by Gasteiger charge is -2.43. The van der Waals surface area contributed by atoms with Crippen LogP contribution in [0.5, 0.6) is 0 Å². The first-order chi connectivity index (χ1) is 13.5. The molecule has 1 spiro atoms. The van der Waals surface area contributed by atoms with Crippen LogP contribution < -0.4 is 0 Å². The van der Waals surface area contributed by atoms with E-state index in [-0.39, 0.29) is 17.4 Å². The average Bonchev–Trinajstić information content (AvgIpc) is 2.96. The normalized spacial score (nSPS) is 23.5. The summed E-state index contributed by atoms with van der Waals surface area (Å²) in [4.78, 5) is 20.7. The van der Waals surface area contributed by atoms with E-state index in [9.17, 15) is 9.90 Å². The highest BCUT2D eigenvalue weighted by molar-refractivity contribution is 5.91. The van der Waals surface area contributed by atoms with Crippen molar-refractivity contribution in [1.82, 2.24) is 14.8 Å². The van der Waals surface area contributed by atoms with Gasteiger partial charge < -0.3 is 14.9 Å². The van der Waals surface area contributed by atoms with Crippen molar-refractivity contribution in [1.29, 1.82) is 0 Å². The summed E-state index contributed by atoms with van der Waals surface area (Å²) in [5.74, 6) is 0.0173. The Morgan fingerprint density at radius 3 is 2.64 bits per heavy atom. The van der Waals surface area contributed by atoms with Crippen LogP contribution in [0, 0.1) is 0 Å². The number of carbonyl (C=O) groups excluding carboxylic acids is 1. The molecule has 28 heavy (non-hydrogen) atoms. The van der Waals surface area contributed by atoms with Gasteiger partial charge in [-0.3, -0.25) is 9.78 Å². The minimum absolute atomic E-state index is 0.00364. The number of likely N-dealkylation sites (N-methyl/N-ethyl adjacent to an activating group) is 1. The third-order valence-electron chi connectivity index (χ3n) is 6.31. The summed E-state index contributed by atoms with van der Waals surface area (Å²) in [7, 11) is 4.04. The molecule has 1 saturated heterocycles. The standard InChI is InChI=1S/C23H27N3O2/c1-25(2)21-18-7-3-4-8-19(18)23(22(21)28)11-14-26(15-12-23)20(27)10-9-17-6-5-13-24-16-17/h3-10,13,16,21-22,28H,11-12,14-15H2,1-2H3/b10-9+/t21-,22+/m1/s1. The maximum absolute atomic E-state index is 12.6. The summed E-state index contributed by atoms with van der Waals surface area (Å²) in [6, 6.07) is 12.2. The van der Waals surface area contributed by atoms with Crippen LogP contribution in [0.4, 0.5) is 0 Å². The smallest absolute Gasteiger partial charge is 0.246 e. The maximum atomic E-state index is 12.6. The Bertz CT molecular complexity index is 870. The fraction of sp³-hybridized carbons (Fsp3) is 0.391. The second kappa shape index (κ2) is 7.49.